The summed E-state index contributed by atoms with van der Waals surface area (Å²) in [7, 11) is 1.55. The van der Waals surface area contributed by atoms with E-state index in [1.807, 2.05) is 54.7 Å². The molecule has 7 nitrogen and oxygen atoms in total. The third kappa shape index (κ3) is 4.94. The van der Waals surface area contributed by atoms with E-state index in [0.717, 1.165) is 16.2 Å². The van der Waals surface area contributed by atoms with Gasteiger partial charge in [-0.1, -0.05) is 41.9 Å². The first-order valence-corrected chi connectivity index (χ1v) is 11.4. The lowest BCUT2D eigenvalue weighted by Gasteiger charge is -2.27. The minimum absolute atomic E-state index is 0.0447. The lowest BCUT2D eigenvalue weighted by molar-refractivity contribution is -0.140. The fraction of sp³-hybridized carbons (Fsp3) is 0.185. The molecule has 0 radical (unpaired) electrons. The van der Waals surface area contributed by atoms with Crippen LogP contribution in [0.5, 0.6) is 0 Å². The smallest absolute Gasteiger partial charge is 0.271 e. The summed E-state index contributed by atoms with van der Waals surface area (Å²) in [5, 5.41) is 15.0. The predicted molar refractivity (Wildman–Crippen MR) is 134 cm³/mol. The molecule has 1 aliphatic rings. The molecule has 1 aliphatic heterocycles. The van der Waals surface area contributed by atoms with Gasteiger partial charge in [0.2, 0.25) is 0 Å². The number of methoxy groups -OCH3 is 1. The van der Waals surface area contributed by atoms with E-state index in [1.165, 1.54) is 0 Å². The van der Waals surface area contributed by atoms with Crippen LogP contribution in [0, 0.1) is 11.3 Å². The number of nitrogens with zero attached hydrogens (tertiary/aromatic N) is 4. The molecule has 8 heteroatoms. The highest BCUT2D eigenvalue weighted by Gasteiger charge is 2.35. The number of halogens is 1. The monoisotopic (exact) mass is 486 g/mol. The van der Waals surface area contributed by atoms with E-state index in [9.17, 15) is 14.9 Å². The molecule has 1 aromatic heterocycles. The molecule has 0 saturated heterocycles. The standard InChI is InChI=1S/C27H23ClN4O3/c1-18-23(26(33)31(13-6-14-35-2)27(34)24(18)16-29)15-20-17-32(22-7-4-3-5-8-22)30-25(20)19-9-11-21(28)12-10-19/h3-5,7-12,15,17H,6,13-14H2,1-2H3/b23-15+. The second-order valence-corrected chi connectivity index (χ2v) is 8.43. The molecule has 3 aromatic rings. The van der Waals surface area contributed by atoms with E-state index in [-0.39, 0.29) is 17.7 Å². The molecule has 0 bridgehead atoms. The molecule has 176 valence electrons. The summed E-state index contributed by atoms with van der Waals surface area (Å²) in [6.07, 6.45) is 3.99. The van der Waals surface area contributed by atoms with E-state index in [2.05, 4.69) is 0 Å². The number of carbonyl (C=O) groups excluding carboxylic acids is 2. The summed E-state index contributed by atoms with van der Waals surface area (Å²) in [5.74, 6) is -1.03. The SMILES string of the molecule is COCCCN1C(=O)C(C#N)=C(C)/C(=C\c2cn(-c3ccccc3)nc2-c2ccc(Cl)cc2)C1=O. The Bertz CT molecular complexity index is 1370. The molecule has 2 aromatic carbocycles. The average Bonchev–Trinajstić information content (AvgIpc) is 3.29. The highest BCUT2D eigenvalue weighted by molar-refractivity contribution is 6.30. The quantitative estimate of drug-likeness (QED) is 0.271. The molecule has 0 N–H and O–H groups in total. The zero-order valence-corrected chi connectivity index (χ0v) is 20.1. The minimum atomic E-state index is -0.582. The van der Waals surface area contributed by atoms with E-state index >= 15 is 0 Å². The maximum Gasteiger partial charge on any atom is 0.271 e. The first-order chi connectivity index (χ1) is 16.9. The van der Waals surface area contributed by atoms with Gasteiger partial charge in [-0.3, -0.25) is 14.5 Å². The van der Waals surface area contributed by atoms with Gasteiger partial charge in [0, 0.05) is 48.2 Å². The van der Waals surface area contributed by atoms with Gasteiger partial charge in [0.15, 0.2) is 0 Å². The first kappa shape index (κ1) is 24.1. The number of ether oxygens (including phenoxy) is 1. The average molecular weight is 487 g/mol. The van der Waals surface area contributed by atoms with Gasteiger partial charge >= 0.3 is 0 Å². The lowest BCUT2D eigenvalue weighted by Crippen LogP contribution is -2.43. The van der Waals surface area contributed by atoms with Gasteiger partial charge in [-0.15, -0.1) is 0 Å². The van der Waals surface area contributed by atoms with Crippen LogP contribution < -0.4 is 0 Å². The van der Waals surface area contributed by atoms with Crippen LogP contribution in [0.25, 0.3) is 23.0 Å². The summed E-state index contributed by atoms with van der Waals surface area (Å²) in [6, 6.07) is 18.8. The largest absolute Gasteiger partial charge is 0.385 e. The molecule has 0 spiro atoms. The number of nitriles is 1. The maximum absolute atomic E-state index is 13.4. The van der Waals surface area contributed by atoms with Crippen molar-refractivity contribution in [2.75, 3.05) is 20.3 Å². The molecular formula is C27H23ClN4O3. The summed E-state index contributed by atoms with van der Waals surface area (Å²) in [4.78, 5) is 27.3. The Morgan fingerprint density at radius 3 is 2.46 bits per heavy atom. The van der Waals surface area contributed by atoms with Gasteiger partial charge in [-0.25, -0.2) is 4.68 Å². The maximum atomic E-state index is 13.4. The van der Waals surface area contributed by atoms with Crippen molar-refractivity contribution in [2.45, 2.75) is 13.3 Å². The zero-order valence-electron chi connectivity index (χ0n) is 19.4. The number of aromatic nitrogens is 2. The van der Waals surface area contributed by atoms with Crippen LogP contribution in [-0.4, -0.2) is 46.8 Å². The Morgan fingerprint density at radius 2 is 1.80 bits per heavy atom. The number of imide groups is 1. The Labute approximate surface area is 208 Å². The van der Waals surface area contributed by atoms with Crippen molar-refractivity contribution in [1.29, 1.82) is 5.26 Å². The van der Waals surface area contributed by atoms with Crippen LogP contribution in [0.2, 0.25) is 5.02 Å². The number of carbonyl (C=O) groups is 2. The zero-order chi connectivity index (χ0) is 24.9. The summed E-state index contributed by atoms with van der Waals surface area (Å²) in [6.45, 7) is 2.18. The molecular weight excluding hydrogens is 464 g/mol. The molecule has 2 amide bonds. The third-order valence-electron chi connectivity index (χ3n) is 5.74. The number of rotatable bonds is 7. The molecule has 0 atom stereocenters. The van der Waals surface area contributed by atoms with Gasteiger partial charge < -0.3 is 4.74 Å². The number of amides is 2. The second-order valence-electron chi connectivity index (χ2n) is 8.00. The topological polar surface area (TPSA) is 88.2 Å². The molecule has 0 unspecified atom stereocenters. The van der Waals surface area contributed by atoms with Crippen LogP contribution in [0.4, 0.5) is 0 Å². The van der Waals surface area contributed by atoms with Crippen molar-refractivity contribution < 1.29 is 14.3 Å². The van der Waals surface area contributed by atoms with Crippen LogP contribution in [0.1, 0.15) is 18.9 Å². The Balaban J connectivity index is 1.86. The second kappa shape index (κ2) is 10.5. The number of para-hydroxylation sites is 1. The fourth-order valence-electron chi connectivity index (χ4n) is 3.89. The van der Waals surface area contributed by atoms with Gasteiger partial charge in [0.1, 0.15) is 11.6 Å². The molecule has 0 fully saturated rings. The van der Waals surface area contributed by atoms with E-state index in [0.29, 0.717) is 34.9 Å². The summed E-state index contributed by atoms with van der Waals surface area (Å²) in [5.41, 5.74) is 3.55. The predicted octanol–water partition coefficient (Wildman–Crippen LogP) is 4.82. The van der Waals surface area contributed by atoms with Gasteiger partial charge in [0.25, 0.3) is 11.8 Å². The number of hydrogen-bond acceptors (Lipinski definition) is 5. The van der Waals surface area contributed by atoms with Gasteiger partial charge in [0.05, 0.1) is 11.4 Å². The number of benzene rings is 2. The molecule has 2 heterocycles. The van der Waals surface area contributed by atoms with Crippen LogP contribution >= 0.6 is 11.6 Å². The lowest BCUT2D eigenvalue weighted by atomic mass is 9.93. The Kier molecular flexibility index (Phi) is 7.25. The summed E-state index contributed by atoms with van der Waals surface area (Å²) >= 11 is 6.08. The van der Waals surface area contributed by atoms with Crippen molar-refractivity contribution in [3.05, 3.63) is 88.1 Å². The number of hydrogen-bond donors (Lipinski definition) is 0. The third-order valence-corrected chi connectivity index (χ3v) is 5.99. The molecule has 0 saturated carbocycles. The minimum Gasteiger partial charge on any atom is -0.385 e. The van der Waals surface area contributed by atoms with Crippen molar-refractivity contribution in [1.82, 2.24) is 14.7 Å². The molecule has 0 aliphatic carbocycles. The van der Waals surface area contributed by atoms with Crippen molar-refractivity contribution in [3.63, 3.8) is 0 Å². The fourth-order valence-corrected chi connectivity index (χ4v) is 4.02. The van der Waals surface area contributed by atoms with Gasteiger partial charge in [-0.05, 0) is 49.3 Å². The van der Waals surface area contributed by atoms with Crippen LogP contribution in [-0.2, 0) is 14.3 Å². The molecule has 4 rings (SSSR count). The normalized spacial score (nSPS) is 15.1. The first-order valence-electron chi connectivity index (χ1n) is 11.0. The van der Waals surface area contributed by atoms with E-state index in [1.54, 1.807) is 36.9 Å². The van der Waals surface area contributed by atoms with Crippen LogP contribution in [0.3, 0.4) is 0 Å². The molecule has 35 heavy (non-hydrogen) atoms. The van der Waals surface area contributed by atoms with E-state index in [4.69, 9.17) is 21.4 Å². The van der Waals surface area contributed by atoms with E-state index < -0.39 is 11.8 Å². The highest BCUT2D eigenvalue weighted by Crippen LogP contribution is 2.31. The van der Waals surface area contributed by atoms with Gasteiger partial charge in [-0.2, -0.15) is 10.4 Å². The van der Waals surface area contributed by atoms with Crippen molar-refractivity contribution >= 4 is 29.5 Å². The summed E-state index contributed by atoms with van der Waals surface area (Å²) < 4.78 is 6.79. The Morgan fingerprint density at radius 1 is 1.09 bits per heavy atom. The van der Waals surface area contributed by atoms with Crippen LogP contribution in [0.15, 0.2) is 77.5 Å². The Hall–Kier alpha value is -3.99. The van der Waals surface area contributed by atoms with Crippen molar-refractivity contribution in [3.8, 4) is 23.0 Å². The van der Waals surface area contributed by atoms with Crippen molar-refractivity contribution in [2.24, 2.45) is 0 Å². The highest BCUT2D eigenvalue weighted by atomic mass is 35.5.